The fraction of sp³-hybridized carbons (Fsp3) is 0.438. The first-order chi connectivity index (χ1) is 25.7. The van der Waals surface area contributed by atoms with Crippen LogP contribution in [0.4, 0.5) is 29.7 Å². The fourth-order valence-electron chi connectivity index (χ4n) is 6.29. The largest absolute Gasteiger partial charge is 0.510 e. The number of carboxylic acids is 1. The number of piperidine rings is 1. The number of carbonyl (C=O) groups is 3. The van der Waals surface area contributed by atoms with E-state index in [-0.39, 0.29) is 60.8 Å². The van der Waals surface area contributed by atoms with Gasteiger partial charge in [-0.25, -0.2) is 23.2 Å². The van der Waals surface area contributed by atoms with E-state index in [1.807, 2.05) is 0 Å². The highest BCUT2D eigenvalue weighted by molar-refractivity contribution is 7.72. The monoisotopic (exact) mass is 817 g/mol. The number of ether oxygens (including phenoxy) is 4. The average molecular weight is 818 g/mol. The number of aromatic carboxylic acids is 1. The molecule has 0 radical (unpaired) electrons. The van der Waals surface area contributed by atoms with Crippen molar-refractivity contribution in [3.05, 3.63) is 63.9 Å². The molecule has 0 bridgehead atoms. The zero-order valence-corrected chi connectivity index (χ0v) is 30.5. The van der Waals surface area contributed by atoms with Crippen LogP contribution in [0.2, 0.25) is 0 Å². The molecule has 3 aromatic rings. The highest BCUT2D eigenvalue weighted by atomic mass is 31.2. The minimum absolute atomic E-state index is 0.0115. The zero-order valence-electron chi connectivity index (χ0n) is 28.7. The number of hydrogen-bond donors (Lipinski definition) is 6. The summed E-state index contributed by atoms with van der Waals surface area (Å²) in [6, 6.07) is 5.58. The molecule has 2 aliphatic heterocycles. The number of halogens is 2. The van der Waals surface area contributed by atoms with Crippen LogP contribution in [0.5, 0.6) is 5.75 Å². The second kappa shape index (κ2) is 14.5. The topological polar surface area (TPSA) is 272 Å². The van der Waals surface area contributed by atoms with Gasteiger partial charge in [0.15, 0.2) is 17.2 Å². The smallest absolute Gasteiger partial charge is 0.486 e. The van der Waals surface area contributed by atoms with E-state index in [2.05, 4.69) is 4.74 Å². The number of aliphatic hydroxyl groups excluding tert-OH is 1. The second-order valence-corrected chi connectivity index (χ2v) is 17.7. The number of hydrogen-bond acceptors (Lipinski definition) is 12. The molecule has 1 amide bonds. The number of anilines is 2. The van der Waals surface area contributed by atoms with E-state index in [1.54, 1.807) is 4.57 Å². The number of carbonyl (C=O) groups excluding carboxylic acids is 2. The number of amides is 1. The van der Waals surface area contributed by atoms with Gasteiger partial charge in [0.25, 0.3) is 0 Å². The van der Waals surface area contributed by atoms with Crippen LogP contribution in [0.15, 0.2) is 41.3 Å². The molecule has 3 aliphatic rings. The molecule has 0 spiro atoms. The summed E-state index contributed by atoms with van der Waals surface area (Å²) in [7, 11) is -11.7. The molecule has 0 unspecified atom stereocenters. The quantitative estimate of drug-likeness (QED) is 0.113. The predicted octanol–water partition coefficient (Wildman–Crippen LogP) is 3.23. The molecule has 3 fully saturated rings. The van der Waals surface area contributed by atoms with Gasteiger partial charge < -0.3 is 58.2 Å². The highest BCUT2D eigenvalue weighted by Crippen LogP contribution is 2.69. The third-order valence-electron chi connectivity index (χ3n) is 9.74. The summed E-state index contributed by atoms with van der Waals surface area (Å²) < 4.78 is 77.5. The maximum absolute atomic E-state index is 15.7. The van der Waals surface area contributed by atoms with Gasteiger partial charge in [-0.1, -0.05) is 0 Å². The number of nitrogens with zero attached hydrogens (tertiary/aromatic N) is 3. The van der Waals surface area contributed by atoms with Gasteiger partial charge in [-0.2, -0.15) is 0 Å². The van der Waals surface area contributed by atoms with E-state index in [1.165, 1.54) is 23.2 Å². The number of rotatable bonds is 12. The SMILES string of the molecule is CC(OC(=O)OC1(COc2ccc(N3C[C@H](CO)OC3=O)cc2F)CCN(c2cc3c(cc2F)c(=O)c(C(=O)O)cn3C2CC2)CC1)(P(=O)(O)O)P(=O)(O)O. The number of fused-ring (bicyclic) bond motifs is 1. The molecule has 6 N–H and O–H groups in total. The molecular formula is C32H35F2N3O16P2. The number of carboxylic acid groups (broad SMARTS) is 1. The summed E-state index contributed by atoms with van der Waals surface area (Å²) in [4.78, 5) is 91.2. The van der Waals surface area contributed by atoms with Gasteiger partial charge in [-0.15, -0.1) is 0 Å². The maximum Gasteiger partial charge on any atom is 0.510 e. The Bertz CT molecular complexity index is 2190. The van der Waals surface area contributed by atoms with Gasteiger partial charge in [0.1, 0.15) is 24.1 Å². The Balaban J connectivity index is 1.28. The van der Waals surface area contributed by atoms with E-state index < -0.39 is 91.8 Å². The van der Waals surface area contributed by atoms with E-state index in [9.17, 15) is 58.1 Å². The van der Waals surface area contributed by atoms with Gasteiger partial charge in [-0.05, 0) is 44.0 Å². The summed E-state index contributed by atoms with van der Waals surface area (Å²) in [6.45, 7) is -1.16. The standard InChI is InChI=1S/C32H35F2N3O16P2/c1-31(54(44,45)46,55(47,48)49)52-30(43)53-32(16-50-26-5-4-18(10-23(26)34)37-13-19(15-38)51-29(37)42)6-8-35(9-7-32)25-12-24-20(11-22(25)33)27(39)21(28(40)41)14-36(24)17-2-3-17/h4-5,10-12,14,17,19,38H,2-3,6-9,13,15-16H2,1H3,(H,40,41)(H2,44,45,46)(H2,47,48,49)/t19-/m1/s1. The first-order valence-corrected chi connectivity index (χ1v) is 19.8. The first-order valence-electron chi connectivity index (χ1n) is 16.6. The fourth-order valence-corrected chi connectivity index (χ4v) is 8.04. The van der Waals surface area contributed by atoms with Gasteiger partial charge in [-0.3, -0.25) is 18.8 Å². The summed E-state index contributed by atoms with van der Waals surface area (Å²) in [5, 5.41) is 15.1. The van der Waals surface area contributed by atoms with Crippen LogP contribution in [0.1, 0.15) is 49.0 Å². The lowest BCUT2D eigenvalue weighted by atomic mass is 9.91. The van der Waals surface area contributed by atoms with Crippen LogP contribution in [0, 0.1) is 11.6 Å². The molecule has 1 atom stereocenters. The van der Waals surface area contributed by atoms with Crippen molar-refractivity contribution < 1.29 is 81.0 Å². The summed E-state index contributed by atoms with van der Waals surface area (Å²) in [5.41, 5.74) is -2.92. The van der Waals surface area contributed by atoms with Crippen LogP contribution in [0.25, 0.3) is 10.9 Å². The molecule has 1 aliphatic carbocycles. The lowest BCUT2D eigenvalue weighted by molar-refractivity contribution is -0.0801. The van der Waals surface area contributed by atoms with Gasteiger partial charge in [0.05, 0.1) is 30.0 Å². The number of benzene rings is 2. The maximum atomic E-state index is 15.7. The van der Waals surface area contributed by atoms with Crippen molar-refractivity contribution in [2.45, 2.75) is 55.4 Å². The third-order valence-corrected chi connectivity index (χ3v) is 13.6. The molecule has 6 rings (SSSR count). The third kappa shape index (κ3) is 7.78. The Morgan fingerprint density at radius 2 is 1.67 bits per heavy atom. The molecule has 2 saturated heterocycles. The van der Waals surface area contributed by atoms with Crippen LogP contribution < -0.4 is 20.0 Å². The van der Waals surface area contributed by atoms with E-state index in [0.29, 0.717) is 19.8 Å². The summed E-state index contributed by atoms with van der Waals surface area (Å²) in [5.74, 6) is -3.76. The van der Waals surface area contributed by atoms with Crippen LogP contribution in [-0.2, 0) is 23.3 Å². The van der Waals surface area contributed by atoms with Gasteiger partial charge >= 0.3 is 38.5 Å². The lowest BCUT2D eigenvalue weighted by Gasteiger charge is -2.42. The lowest BCUT2D eigenvalue weighted by Crippen LogP contribution is -2.51. The second-order valence-electron chi connectivity index (χ2n) is 13.5. The number of cyclic esters (lactones) is 1. The van der Waals surface area contributed by atoms with E-state index in [4.69, 9.17) is 14.2 Å². The number of aliphatic hydroxyl groups is 1. The Kier molecular flexibility index (Phi) is 10.5. The van der Waals surface area contributed by atoms with Gasteiger partial charge in [0, 0.05) is 49.6 Å². The Labute approximate surface area is 308 Å². The molecule has 2 aromatic carbocycles. The molecule has 1 saturated carbocycles. The summed E-state index contributed by atoms with van der Waals surface area (Å²) in [6.07, 6.45) is -1.51. The Morgan fingerprint density at radius 1 is 1.02 bits per heavy atom. The normalized spacial score (nSPS) is 19.0. The highest BCUT2D eigenvalue weighted by Gasteiger charge is 2.61. The van der Waals surface area contributed by atoms with Crippen molar-refractivity contribution in [1.82, 2.24) is 4.57 Å². The van der Waals surface area contributed by atoms with E-state index in [0.717, 1.165) is 23.1 Å². The average Bonchev–Trinajstić information content (AvgIpc) is 3.87. The number of aromatic nitrogens is 1. The van der Waals surface area contributed by atoms with Crippen molar-refractivity contribution in [2.75, 3.05) is 42.6 Å². The van der Waals surface area contributed by atoms with Crippen LogP contribution >= 0.6 is 15.2 Å². The molecule has 3 heterocycles. The Morgan fingerprint density at radius 3 is 2.22 bits per heavy atom. The van der Waals surface area contributed by atoms with Crippen molar-refractivity contribution in [3.8, 4) is 5.75 Å². The molecule has 55 heavy (non-hydrogen) atoms. The van der Waals surface area contributed by atoms with Crippen LogP contribution in [-0.4, -0.2) is 102 Å². The molecule has 23 heteroatoms. The predicted molar refractivity (Wildman–Crippen MR) is 184 cm³/mol. The van der Waals surface area contributed by atoms with E-state index >= 15 is 8.78 Å². The minimum Gasteiger partial charge on any atom is -0.486 e. The molecule has 1 aromatic heterocycles. The van der Waals surface area contributed by atoms with Crippen molar-refractivity contribution in [2.24, 2.45) is 0 Å². The molecular weight excluding hydrogens is 782 g/mol. The van der Waals surface area contributed by atoms with Crippen molar-refractivity contribution in [3.63, 3.8) is 0 Å². The molecule has 298 valence electrons. The first kappa shape index (κ1) is 40.1. The van der Waals surface area contributed by atoms with Crippen molar-refractivity contribution in [1.29, 1.82) is 0 Å². The Hall–Kier alpha value is -4.62. The van der Waals surface area contributed by atoms with Gasteiger partial charge in [0.2, 0.25) is 5.43 Å². The number of pyridine rings is 1. The summed E-state index contributed by atoms with van der Waals surface area (Å²) >= 11 is 0. The van der Waals surface area contributed by atoms with Crippen LogP contribution in [0.3, 0.4) is 0 Å². The molecule has 19 nitrogen and oxygen atoms in total. The zero-order chi connectivity index (χ0) is 40.2. The van der Waals surface area contributed by atoms with Crippen molar-refractivity contribution >= 4 is 55.7 Å². The minimum atomic E-state index is -5.85.